The summed E-state index contributed by atoms with van der Waals surface area (Å²) >= 11 is 7.35. The Kier molecular flexibility index (Phi) is 3.54. The zero-order valence-electron chi connectivity index (χ0n) is 8.45. The number of hydrogen-bond donors (Lipinski definition) is 1. The van der Waals surface area contributed by atoms with Gasteiger partial charge in [-0.3, -0.25) is 0 Å². The van der Waals surface area contributed by atoms with E-state index in [1.54, 1.807) is 18.0 Å². The molecule has 1 aromatic rings. The van der Waals surface area contributed by atoms with Crippen molar-refractivity contribution in [1.29, 1.82) is 0 Å². The standard InChI is InChI=1S/C11H14ClNOS/c12-9-3-4-10(13-7-9)15-8-11(14)5-1-2-6-11/h3-4,7,14H,1-2,5-6,8H2. The lowest BCUT2D eigenvalue weighted by molar-refractivity contribution is 0.0732. The van der Waals surface area contributed by atoms with Gasteiger partial charge in [0.05, 0.1) is 15.6 Å². The molecule has 2 rings (SSSR count). The van der Waals surface area contributed by atoms with Gasteiger partial charge in [-0.2, -0.15) is 0 Å². The highest BCUT2D eigenvalue weighted by atomic mass is 35.5. The van der Waals surface area contributed by atoms with Crippen molar-refractivity contribution in [3.63, 3.8) is 0 Å². The lowest BCUT2D eigenvalue weighted by Gasteiger charge is -2.20. The molecule has 15 heavy (non-hydrogen) atoms. The Labute approximate surface area is 99.1 Å². The van der Waals surface area contributed by atoms with Crippen molar-refractivity contribution in [2.75, 3.05) is 5.75 Å². The van der Waals surface area contributed by atoms with Gasteiger partial charge in [0.15, 0.2) is 0 Å². The maximum Gasteiger partial charge on any atom is 0.0961 e. The van der Waals surface area contributed by atoms with Crippen LogP contribution in [0.25, 0.3) is 0 Å². The van der Waals surface area contributed by atoms with E-state index >= 15 is 0 Å². The average Bonchev–Trinajstić information content (AvgIpc) is 2.65. The molecule has 0 spiro atoms. The topological polar surface area (TPSA) is 33.1 Å². The fourth-order valence-corrected chi connectivity index (χ4v) is 2.94. The summed E-state index contributed by atoms with van der Waals surface area (Å²) < 4.78 is 0. The molecular formula is C11H14ClNOS. The minimum absolute atomic E-state index is 0.466. The fourth-order valence-electron chi connectivity index (χ4n) is 1.83. The number of pyridine rings is 1. The molecule has 0 unspecified atom stereocenters. The minimum Gasteiger partial charge on any atom is -0.389 e. The third-order valence-electron chi connectivity index (χ3n) is 2.72. The van der Waals surface area contributed by atoms with E-state index in [1.807, 2.05) is 12.1 Å². The van der Waals surface area contributed by atoms with E-state index in [9.17, 15) is 5.11 Å². The number of aliphatic hydroxyl groups is 1. The first kappa shape index (κ1) is 11.2. The molecule has 1 heterocycles. The highest BCUT2D eigenvalue weighted by Crippen LogP contribution is 2.34. The summed E-state index contributed by atoms with van der Waals surface area (Å²) in [6.07, 6.45) is 5.78. The summed E-state index contributed by atoms with van der Waals surface area (Å²) in [4.78, 5) is 4.19. The molecule has 0 aliphatic heterocycles. The van der Waals surface area contributed by atoms with Crippen molar-refractivity contribution in [2.24, 2.45) is 0 Å². The Morgan fingerprint density at radius 2 is 2.13 bits per heavy atom. The summed E-state index contributed by atoms with van der Waals surface area (Å²) in [7, 11) is 0. The quantitative estimate of drug-likeness (QED) is 0.828. The molecule has 1 saturated carbocycles. The number of rotatable bonds is 3. The molecule has 0 radical (unpaired) electrons. The molecule has 1 aliphatic rings. The van der Waals surface area contributed by atoms with Crippen molar-refractivity contribution in [3.8, 4) is 0 Å². The zero-order valence-corrected chi connectivity index (χ0v) is 10.0. The van der Waals surface area contributed by atoms with E-state index in [-0.39, 0.29) is 0 Å². The van der Waals surface area contributed by atoms with Gasteiger partial charge in [0.1, 0.15) is 0 Å². The summed E-state index contributed by atoms with van der Waals surface area (Å²) in [5.41, 5.74) is -0.466. The van der Waals surface area contributed by atoms with Gasteiger partial charge >= 0.3 is 0 Å². The van der Waals surface area contributed by atoms with Gasteiger partial charge in [0, 0.05) is 11.9 Å². The number of halogens is 1. The second-order valence-corrected chi connectivity index (χ2v) is 5.47. The summed E-state index contributed by atoms with van der Waals surface area (Å²) in [5, 5.41) is 11.7. The van der Waals surface area contributed by atoms with Crippen LogP contribution in [0.1, 0.15) is 25.7 Å². The van der Waals surface area contributed by atoms with Crippen LogP contribution < -0.4 is 0 Å². The van der Waals surface area contributed by atoms with Crippen LogP contribution in [0.5, 0.6) is 0 Å². The minimum atomic E-state index is -0.466. The molecular weight excluding hydrogens is 230 g/mol. The Morgan fingerprint density at radius 1 is 1.40 bits per heavy atom. The fraction of sp³-hybridized carbons (Fsp3) is 0.545. The van der Waals surface area contributed by atoms with Crippen LogP contribution in [0.15, 0.2) is 23.4 Å². The van der Waals surface area contributed by atoms with E-state index < -0.39 is 5.60 Å². The number of nitrogens with zero attached hydrogens (tertiary/aromatic N) is 1. The van der Waals surface area contributed by atoms with Crippen LogP contribution in [-0.2, 0) is 0 Å². The average molecular weight is 244 g/mol. The number of aromatic nitrogens is 1. The van der Waals surface area contributed by atoms with Crippen molar-refractivity contribution in [1.82, 2.24) is 4.98 Å². The van der Waals surface area contributed by atoms with E-state index in [1.165, 1.54) is 0 Å². The van der Waals surface area contributed by atoms with Crippen LogP contribution in [0.2, 0.25) is 5.02 Å². The Hall–Kier alpha value is -0.250. The van der Waals surface area contributed by atoms with Crippen molar-refractivity contribution < 1.29 is 5.11 Å². The summed E-state index contributed by atoms with van der Waals surface area (Å²) in [5.74, 6) is 0.738. The van der Waals surface area contributed by atoms with Gasteiger partial charge in [-0.1, -0.05) is 24.4 Å². The van der Waals surface area contributed by atoms with Gasteiger partial charge in [0.2, 0.25) is 0 Å². The van der Waals surface area contributed by atoms with Crippen LogP contribution in [0, 0.1) is 0 Å². The predicted molar refractivity (Wildman–Crippen MR) is 63.4 cm³/mol. The Balaban J connectivity index is 1.90. The van der Waals surface area contributed by atoms with Gasteiger partial charge in [-0.15, -0.1) is 11.8 Å². The molecule has 82 valence electrons. The molecule has 1 aliphatic carbocycles. The normalized spacial score (nSPS) is 19.3. The summed E-state index contributed by atoms with van der Waals surface area (Å²) in [6.45, 7) is 0. The van der Waals surface area contributed by atoms with Crippen LogP contribution >= 0.6 is 23.4 Å². The Morgan fingerprint density at radius 3 is 2.73 bits per heavy atom. The molecule has 0 aromatic carbocycles. The highest BCUT2D eigenvalue weighted by molar-refractivity contribution is 7.99. The van der Waals surface area contributed by atoms with E-state index in [4.69, 9.17) is 11.6 Å². The first-order valence-electron chi connectivity index (χ1n) is 5.15. The molecule has 0 bridgehead atoms. The zero-order chi connectivity index (χ0) is 10.7. The number of hydrogen-bond acceptors (Lipinski definition) is 3. The van der Waals surface area contributed by atoms with Crippen molar-refractivity contribution in [3.05, 3.63) is 23.4 Å². The summed E-state index contributed by atoms with van der Waals surface area (Å²) in [6, 6.07) is 3.72. The molecule has 2 nitrogen and oxygen atoms in total. The second-order valence-electron chi connectivity index (χ2n) is 4.03. The molecule has 0 atom stereocenters. The van der Waals surface area contributed by atoms with Crippen LogP contribution in [-0.4, -0.2) is 21.4 Å². The smallest absolute Gasteiger partial charge is 0.0961 e. The molecule has 0 saturated heterocycles. The van der Waals surface area contributed by atoms with Crippen molar-refractivity contribution >= 4 is 23.4 Å². The van der Waals surface area contributed by atoms with Gasteiger partial charge in [0.25, 0.3) is 0 Å². The monoisotopic (exact) mass is 243 g/mol. The van der Waals surface area contributed by atoms with Crippen LogP contribution in [0.4, 0.5) is 0 Å². The first-order chi connectivity index (χ1) is 7.18. The third kappa shape index (κ3) is 3.10. The molecule has 4 heteroatoms. The highest BCUT2D eigenvalue weighted by Gasteiger charge is 2.30. The molecule has 0 amide bonds. The second kappa shape index (κ2) is 4.73. The maximum atomic E-state index is 10.1. The lowest BCUT2D eigenvalue weighted by Crippen LogP contribution is -2.27. The third-order valence-corrected chi connectivity index (χ3v) is 4.17. The largest absolute Gasteiger partial charge is 0.389 e. The molecule has 1 N–H and O–H groups in total. The van der Waals surface area contributed by atoms with Crippen LogP contribution in [0.3, 0.4) is 0 Å². The lowest BCUT2D eigenvalue weighted by atomic mass is 10.1. The molecule has 1 aromatic heterocycles. The van der Waals surface area contributed by atoms with E-state index in [2.05, 4.69) is 4.98 Å². The van der Waals surface area contributed by atoms with E-state index in [0.29, 0.717) is 5.02 Å². The van der Waals surface area contributed by atoms with E-state index in [0.717, 1.165) is 36.5 Å². The maximum absolute atomic E-state index is 10.1. The predicted octanol–water partition coefficient (Wildman–Crippen LogP) is 3.13. The van der Waals surface area contributed by atoms with Crippen molar-refractivity contribution in [2.45, 2.75) is 36.3 Å². The Bertz CT molecular complexity index is 322. The molecule has 1 fully saturated rings. The number of thioether (sulfide) groups is 1. The SMILES string of the molecule is OC1(CSc2ccc(Cl)cn2)CCCC1. The van der Waals surface area contributed by atoms with Gasteiger partial charge in [-0.05, 0) is 25.0 Å². The van der Waals surface area contributed by atoms with Gasteiger partial charge < -0.3 is 5.11 Å². The first-order valence-corrected chi connectivity index (χ1v) is 6.51. The van der Waals surface area contributed by atoms with Gasteiger partial charge in [-0.25, -0.2) is 4.98 Å².